The van der Waals surface area contributed by atoms with Gasteiger partial charge in [-0.3, -0.25) is 0 Å². The zero-order chi connectivity index (χ0) is 9.78. The first-order chi connectivity index (χ1) is 5.44. The summed E-state index contributed by atoms with van der Waals surface area (Å²) in [6.45, 7) is 6.06. The van der Waals surface area contributed by atoms with Gasteiger partial charge in [-0.15, -0.1) is 0 Å². The fourth-order valence-corrected chi connectivity index (χ4v) is 0.396. The number of rotatable bonds is 4. The second kappa shape index (κ2) is 4.23. The van der Waals surface area contributed by atoms with Gasteiger partial charge in [0.25, 0.3) is 0 Å². The molecule has 0 aliphatic heterocycles. The molecule has 0 saturated heterocycles. The fraction of sp³-hybridized carbons (Fsp3) is 0.625. The molecule has 0 aromatic rings. The number of aliphatic hydroxyl groups excluding tert-OH is 2. The first-order valence-corrected chi connectivity index (χ1v) is 3.56. The molecular formula is C8H14O4. The monoisotopic (exact) mass is 174 g/mol. The largest absolute Gasteiger partial charge is 0.432 e. The van der Waals surface area contributed by atoms with Crippen LogP contribution in [0, 0.1) is 5.41 Å². The van der Waals surface area contributed by atoms with Crippen molar-refractivity contribution < 1.29 is 19.7 Å². The molecule has 12 heavy (non-hydrogen) atoms. The van der Waals surface area contributed by atoms with E-state index in [1.54, 1.807) is 13.8 Å². The van der Waals surface area contributed by atoms with Crippen LogP contribution in [0.4, 0.5) is 0 Å². The van der Waals surface area contributed by atoms with Gasteiger partial charge in [0, 0.05) is 6.08 Å². The number of hydrogen-bond acceptors (Lipinski definition) is 4. The maximum absolute atomic E-state index is 10.6. The molecule has 0 spiro atoms. The van der Waals surface area contributed by atoms with Crippen LogP contribution in [0.2, 0.25) is 0 Å². The van der Waals surface area contributed by atoms with Crippen LogP contribution in [-0.4, -0.2) is 29.1 Å². The van der Waals surface area contributed by atoms with Gasteiger partial charge in [-0.05, 0) is 0 Å². The number of hydrogen-bond donors (Lipinski definition) is 2. The second-order valence-corrected chi connectivity index (χ2v) is 3.14. The highest BCUT2D eigenvalue weighted by Gasteiger charge is 2.29. The van der Waals surface area contributed by atoms with Crippen LogP contribution in [0.1, 0.15) is 13.8 Å². The van der Waals surface area contributed by atoms with Crippen molar-refractivity contribution in [3.63, 3.8) is 0 Å². The van der Waals surface area contributed by atoms with Crippen molar-refractivity contribution in [3.8, 4) is 0 Å². The highest BCUT2D eigenvalue weighted by atomic mass is 16.6. The molecule has 0 aliphatic rings. The van der Waals surface area contributed by atoms with E-state index in [1.165, 1.54) is 0 Å². The summed E-state index contributed by atoms with van der Waals surface area (Å²) in [4.78, 5) is 10.6. The maximum atomic E-state index is 10.6. The topological polar surface area (TPSA) is 66.8 Å². The van der Waals surface area contributed by atoms with Gasteiger partial charge in [-0.2, -0.15) is 0 Å². The minimum atomic E-state index is -1.31. The first-order valence-electron chi connectivity index (χ1n) is 3.56. The Bertz CT molecular complexity index is 174. The average Bonchev–Trinajstić information content (AvgIpc) is 2.04. The standard InChI is InChI=1S/C8H14O4/c1-4-6(10)12-7(11)8(2,3)5-9/h4,7,9,11H,1,5H2,2-3H3. The van der Waals surface area contributed by atoms with E-state index in [1.807, 2.05) is 0 Å². The molecule has 0 aliphatic carbocycles. The smallest absolute Gasteiger partial charge is 0.332 e. The van der Waals surface area contributed by atoms with Crippen LogP contribution in [0.15, 0.2) is 12.7 Å². The van der Waals surface area contributed by atoms with Crippen LogP contribution >= 0.6 is 0 Å². The molecule has 70 valence electrons. The Labute approximate surface area is 71.5 Å². The first kappa shape index (κ1) is 11.1. The molecule has 0 aromatic carbocycles. The SMILES string of the molecule is C=CC(=O)OC(O)C(C)(C)CO. The average molecular weight is 174 g/mol. The molecule has 0 saturated carbocycles. The summed E-state index contributed by atoms with van der Waals surface area (Å²) in [6.07, 6.45) is -0.357. The van der Waals surface area contributed by atoms with E-state index >= 15 is 0 Å². The van der Waals surface area contributed by atoms with Crippen LogP contribution in [0.5, 0.6) is 0 Å². The van der Waals surface area contributed by atoms with Gasteiger partial charge < -0.3 is 14.9 Å². The summed E-state index contributed by atoms with van der Waals surface area (Å²) in [7, 11) is 0. The third kappa shape index (κ3) is 3.02. The molecule has 0 aromatic heterocycles. The van der Waals surface area contributed by atoms with Crippen LogP contribution < -0.4 is 0 Å². The van der Waals surface area contributed by atoms with Gasteiger partial charge in [0.15, 0.2) is 0 Å². The third-order valence-corrected chi connectivity index (χ3v) is 1.47. The normalized spacial score (nSPS) is 13.7. The van der Waals surface area contributed by atoms with E-state index in [2.05, 4.69) is 11.3 Å². The molecular weight excluding hydrogens is 160 g/mol. The van der Waals surface area contributed by atoms with Crippen molar-refractivity contribution in [2.24, 2.45) is 5.41 Å². The highest BCUT2D eigenvalue weighted by Crippen LogP contribution is 2.20. The number of carbonyl (C=O) groups excluding carboxylic acids is 1. The summed E-state index contributed by atoms with van der Waals surface area (Å²) in [5, 5.41) is 18.0. The van der Waals surface area contributed by atoms with E-state index < -0.39 is 17.7 Å². The van der Waals surface area contributed by atoms with E-state index in [0.29, 0.717) is 0 Å². The molecule has 0 fully saturated rings. The quantitative estimate of drug-likeness (QED) is 0.359. The van der Waals surface area contributed by atoms with Gasteiger partial charge in [-0.25, -0.2) is 4.79 Å². The lowest BCUT2D eigenvalue weighted by atomic mass is 9.94. The van der Waals surface area contributed by atoms with Crippen molar-refractivity contribution in [2.75, 3.05) is 6.61 Å². The molecule has 4 heteroatoms. The molecule has 0 rings (SSSR count). The van der Waals surface area contributed by atoms with Gasteiger partial charge in [-0.1, -0.05) is 20.4 Å². The molecule has 2 N–H and O–H groups in total. The number of aliphatic hydroxyl groups is 2. The van der Waals surface area contributed by atoms with E-state index in [4.69, 9.17) is 5.11 Å². The Morgan fingerprint density at radius 3 is 2.58 bits per heavy atom. The van der Waals surface area contributed by atoms with Crippen LogP contribution in [0.25, 0.3) is 0 Å². The number of ether oxygens (including phenoxy) is 1. The molecule has 0 radical (unpaired) electrons. The molecule has 1 unspecified atom stereocenters. The molecule has 0 heterocycles. The summed E-state index contributed by atoms with van der Waals surface area (Å²) in [5.74, 6) is -0.705. The molecule has 1 atom stereocenters. The minimum absolute atomic E-state index is 0.265. The lowest BCUT2D eigenvalue weighted by Gasteiger charge is -2.26. The molecule has 0 bridgehead atoms. The third-order valence-electron chi connectivity index (χ3n) is 1.47. The van der Waals surface area contributed by atoms with Crippen molar-refractivity contribution >= 4 is 5.97 Å². The molecule has 4 nitrogen and oxygen atoms in total. The Morgan fingerprint density at radius 2 is 2.25 bits per heavy atom. The minimum Gasteiger partial charge on any atom is -0.432 e. The predicted octanol–water partition coefficient (Wildman–Crippen LogP) is 0.0525. The molecule has 0 amide bonds. The van der Waals surface area contributed by atoms with Gasteiger partial charge in [0.2, 0.25) is 6.29 Å². The Morgan fingerprint density at radius 1 is 1.75 bits per heavy atom. The van der Waals surface area contributed by atoms with Crippen molar-refractivity contribution in [2.45, 2.75) is 20.1 Å². The number of esters is 1. The van der Waals surface area contributed by atoms with E-state index in [9.17, 15) is 9.90 Å². The maximum Gasteiger partial charge on any atom is 0.332 e. The predicted molar refractivity (Wildman–Crippen MR) is 43.2 cm³/mol. The fourth-order valence-electron chi connectivity index (χ4n) is 0.396. The summed E-state index contributed by atoms with van der Waals surface area (Å²) in [6, 6.07) is 0. The van der Waals surface area contributed by atoms with Crippen molar-refractivity contribution in [3.05, 3.63) is 12.7 Å². The summed E-state index contributed by atoms with van der Waals surface area (Å²) < 4.78 is 4.49. The lowest BCUT2D eigenvalue weighted by molar-refractivity contribution is -0.188. The van der Waals surface area contributed by atoms with Crippen LogP contribution in [0.3, 0.4) is 0 Å². The van der Waals surface area contributed by atoms with Crippen molar-refractivity contribution in [1.82, 2.24) is 0 Å². The van der Waals surface area contributed by atoms with Crippen LogP contribution in [-0.2, 0) is 9.53 Å². The zero-order valence-electron chi connectivity index (χ0n) is 7.28. The van der Waals surface area contributed by atoms with Gasteiger partial charge in [0.1, 0.15) is 0 Å². The van der Waals surface area contributed by atoms with Gasteiger partial charge >= 0.3 is 5.97 Å². The lowest BCUT2D eigenvalue weighted by Crippen LogP contribution is -2.36. The summed E-state index contributed by atoms with van der Waals surface area (Å²) >= 11 is 0. The Hall–Kier alpha value is -0.870. The zero-order valence-corrected chi connectivity index (χ0v) is 7.28. The highest BCUT2D eigenvalue weighted by molar-refractivity contribution is 5.81. The van der Waals surface area contributed by atoms with Crippen molar-refractivity contribution in [1.29, 1.82) is 0 Å². The Kier molecular flexibility index (Phi) is 3.92. The number of carbonyl (C=O) groups is 1. The summed E-state index contributed by atoms with van der Waals surface area (Å²) in [5.41, 5.74) is -0.849. The van der Waals surface area contributed by atoms with E-state index in [-0.39, 0.29) is 6.61 Å². The van der Waals surface area contributed by atoms with Gasteiger partial charge in [0.05, 0.1) is 12.0 Å². The Balaban J connectivity index is 4.11. The second-order valence-electron chi connectivity index (χ2n) is 3.14. The van der Waals surface area contributed by atoms with E-state index in [0.717, 1.165) is 6.08 Å².